The van der Waals surface area contributed by atoms with Gasteiger partial charge < -0.3 is 4.74 Å². The van der Waals surface area contributed by atoms with Crippen molar-refractivity contribution in [2.75, 3.05) is 0 Å². The molecule has 21 heavy (non-hydrogen) atoms. The van der Waals surface area contributed by atoms with Crippen LogP contribution in [0.2, 0.25) is 0 Å². The van der Waals surface area contributed by atoms with Crippen LogP contribution >= 0.6 is 0 Å². The van der Waals surface area contributed by atoms with Crippen molar-refractivity contribution < 1.29 is 4.74 Å². The zero-order valence-corrected chi connectivity index (χ0v) is 15.1. The highest BCUT2D eigenvalue weighted by Crippen LogP contribution is 2.41. The molecule has 1 aliphatic heterocycles. The standard InChI is InChI=1S/C20H36O/c1-8-12-20(7,11-4)14-19-16(6)17(9-2)13-15(5)18(10-3)21-19/h2,15-19H,8,10-14H2,1,3-7H3. The molecular formula is C20H36O. The molecular weight excluding hydrogens is 256 g/mol. The van der Waals surface area contributed by atoms with Crippen molar-refractivity contribution in [3.05, 3.63) is 0 Å². The summed E-state index contributed by atoms with van der Waals surface area (Å²) < 4.78 is 6.57. The van der Waals surface area contributed by atoms with Gasteiger partial charge in [0, 0.05) is 5.92 Å². The van der Waals surface area contributed by atoms with Crippen LogP contribution in [-0.4, -0.2) is 12.2 Å². The number of rotatable bonds is 6. The van der Waals surface area contributed by atoms with Gasteiger partial charge in [0.15, 0.2) is 0 Å². The second-order valence-electron chi connectivity index (χ2n) is 7.58. The minimum absolute atomic E-state index is 0.317. The van der Waals surface area contributed by atoms with Crippen LogP contribution in [0.5, 0.6) is 0 Å². The molecule has 0 amide bonds. The average molecular weight is 293 g/mol. The largest absolute Gasteiger partial charge is 0.374 e. The topological polar surface area (TPSA) is 9.23 Å². The molecule has 0 radical (unpaired) electrons. The van der Waals surface area contributed by atoms with E-state index >= 15 is 0 Å². The fraction of sp³-hybridized carbons (Fsp3) is 0.900. The van der Waals surface area contributed by atoms with Gasteiger partial charge in [-0.2, -0.15) is 0 Å². The van der Waals surface area contributed by atoms with E-state index in [0.29, 0.717) is 35.4 Å². The molecule has 0 spiro atoms. The van der Waals surface area contributed by atoms with E-state index in [1.54, 1.807) is 0 Å². The van der Waals surface area contributed by atoms with Gasteiger partial charge in [0.25, 0.3) is 0 Å². The molecule has 1 aliphatic rings. The highest BCUT2D eigenvalue weighted by Gasteiger charge is 2.38. The predicted octanol–water partition coefficient (Wildman–Crippen LogP) is 5.68. The van der Waals surface area contributed by atoms with Crippen molar-refractivity contribution in [1.82, 2.24) is 0 Å². The number of terminal acetylenes is 1. The minimum Gasteiger partial charge on any atom is -0.374 e. The summed E-state index contributed by atoms with van der Waals surface area (Å²) in [4.78, 5) is 0. The van der Waals surface area contributed by atoms with Gasteiger partial charge in [-0.25, -0.2) is 0 Å². The van der Waals surface area contributed by atoms with Crippen LogP contribution in [0.4, 0.5) is 0 Å². The Labute approximate surface area is 133 Å². The normalized spacial score (nSPS) is 36.5. The van der Waals surface area contributed by atoms with Crippen molar-refractivity contribution in [2.24, 2.45) is 23.2 Å². The van der Waals surface area contributed by atoms with Crippen LogP contribution in [0.25, 0.3) is 0 Å². The second-order valence-corrected chi connectivity index (χ2v) is 7.58. The molecule has 6 unspecified atom stereocenters. The predicted molar refractivity (Wildman–Crippen MR) is 92.1 cm³/mol. The quantitative estimate of drug-likeness (QED) is 0.572. The molecule has 0 bridgehead atoms. The lowest BCUT2D eigenvalue weighted by atomic mass is 9.74. The highest BCUT2D eigenvalue weighted by atomic mass is 16.5. The maximum Gasteiger partial charge on any atom is 0.0621 e. The summed E-state index contributed by atoms with van der Waals surface area (Å²) >= 11 is 0. The summed E-state index contributed by atoms with van der Waals surface area (Å²) in [6.07, 6.45) is 13.6. The SMILES string of the molecule is C#CC1CC(C)C(CC)OC(CC(C)(CC)CCC)C1C. The van der Waals surface area contributed by atoms with Gasteiger partial charge in [0.2, 0.25) is 0 Å². The first kappa shape index (κ1) is 18.6. The molecule has 1 heteroatoms. The van der Waals surface area contributed by atoms with E-state index in [0.717, 1.165) is 19.3 Å². The lowest BCUT2D eigenvalue weighted by molar-refractivity contribution is -0.0695. The van der Waals surface area contributed by atoms with Crippen LogP contribution in [0.1, 0.15) is 80.1 Å². The first-order chi connectivity index (χ1) is 9.90. The molecule has 0 aromatic rings. The van der Waals surface area contributed by atoms with E-state index in [9.17, 15) is 0 Å². The molecule has 1 saturated heterocycles. The lowest BCUT2D eigenvalue weighted by Gasteiger charge is -2.36. The molecule has 0 aromatic carbocycles. The smallest absolute Gasteiger partial charge is 0.0621 e. The summed E-state index contributed by atoms with van der Waals surface area (Å²) in [6.45, 7) is 13.9. The van der Waals surface area contributed by atoms with E-state index < -0.39 is 0 Å². The molecule has 1 fully saturated rings. The Bertz CT molecular complexity index is 342. The van der Waals surface area contributed by atoms with Gasteiger partial charge in [-0.3, -0.25) is 0 Å². The number of hydrogen-bond acceptors (Lipinski definition) is 1. The summed E-state index contributed by atoms with van der Waals surface area (Å²) in [5.74, 6) is 4.46. The highest BCUT2D eigenvalue weighted by molar-refractivity contribution is 5.01. The third kappa shape index (κ3) is 4.75. The Hall–Kier alpha value is -0.480. The van der Waals surface area contributed by atoms with E-state index in [1.165, 1.54) is 19.3 Å². The van der Waals surface area contributed by atoms with Crippen LogP contribution < -0.4 is 0 Å². The summed E-state index contributed by atoms with van der Waals surface area (Å²) in [5, 5.41) is 0. The van der Waals surface area contributed by atoms with Crippen LogP contribution in [-0.2, 0) is 4.74 Å². The van der Waals surface area contributed by atoms with Crippen molar-refractivity contribution in [1.29, 1.82) is 0 Å². The first-order valence-corrected chi connectivity index (χ1v) is 9.02. The lowest BCUT2D eigenvalue weighted by Crippen LogP contribution is -2.34. The molecule has 1 rings (SSSR count). The van der Waals surface area contributed by atoms with Crippen molar-refractivity contribution in [3.63, 3.8) is 0 Å². The molecule has 122 valence electrons. The average Bonchev–Trinajstić information content (AvgIpc) is 2.58. The maximum atomic E-state index is 6.57. The molecule has 1 heterocycles. The fourth-order valence-corrected chi connectivity index (χ4v) is 3.97. The summed E-state index contributed by atoms with van der Waals surface area (Å²) in [5.41, 5.74) is 0.388. The molecule has 6 atom stereocenters. The fourth-order valence-electron chi connectivity index (χ4n) is 3.97. The molecule has 0 aromatic heterocycles. The third-order valence-corrected chi connectivity index (χ3v) is 5.85. The van der Waals surface area contributed by atoms with Crippen molar-refractivity contribution in [2.45, 2.75) is 92.3 Å². The zero-order chi connectivity index (χ0) is 16.0. The van der Waals surface area contributed by atoms with E-state index in [2.05, 4.69) is 47.5 Å². The Kier molecular flexibility index (Phi) is 7.28. The van der Waals surface area contributed by atoms with Crippen LogP contribution in [0, 0.1) is 35.5 Å². The minimum atomic E-state index is 0.317. The molecule has 0 N–H and O–H groups in total. The van der Waals surface area contributed by atoms with Gasteiger partial charge in [-0.15, -0.1) is 12.3 Å². The van der Waals surface area contributed by atoms with Gasteiger partial charge in [-0.1, -0.05) is 54.4 Å². The first-order valence-electron chi connectivity index (χ1n) is 9.02. The number of ether oxygens (including phenoxy) is 1. The molecule has 1 nitrogen and oxygen atoms in total. The zero-order valence-electron chi connectivity index (χ0n) is 15.1. The Balaban J connectivity index is 2.92. The van der Waals surface area contributed by atoms with E-state index in [4.69, 9.17) is 11.2 Å². The van der Waals surface area contributed by atoms with Crippen LogP contribution in [0.15, 0.2) is 0 Å². The molecule has 0 saturated carbocycles. The third-order valence-electron chi connectivity index (χ3n) is 5.85. The van der Waals surface area contributed by atoms with Gasteiger partial charge in [-0.05, 0) is 42.9 Å². The summed E-state index contributed by atoms with van der Waals surface area (Å²) in [6, 6.07) is 0. The van der Waals surface area contributed by atoms with E-state index in [1.807, 2.05) is 0 Å². The van der Waals surface area contributed by atoms with Crippen molar-refractivity contribution >= 4 is 0 Å². The maximum absolute atomic E-state index is 6.57. The van der Waals surface area contributed by atoms with Gasteiger partial charge in [0.1, 0.15) is 0 Å². The Morgan fingerprint density at radius 3 is 2.33 bits per heavy atom. The van der Waals surface area contributed by atoms with Crippen molar-refractivity contribution in [3.8, 4) is 12.3 Å². The van der Waals surface area contributed by atoms with Crippen LogP contribution in [0.3, 0.4) is 0 Å². The number of hydrogen-bond donors (Lipinski definition) is 0. The van der Waals surface area contributed by atoms with E-state index in [-0.39, 0.29) is 0 Å². The Morgan fingerprint density at radius 1 is 1.19 bits per heavy atom. The Morgan fingerprint density at radius 2 is 1.86 bits per heavy atom. The second kappa shape index (κ2) is 8.23. The monoisotopic (exact) mass is 292 g/mol. The summed E-state index contributed by atoms with van der Waals surface area (Å²) in [7, 11) is 0. The van der Waals surface area contributed by atoms with Gasteiger partial charge in [0.05, 0.1) is 12.2 Å². The van der Waals surface area contributed by atoms with Gasteiger partial charge >= 0.3 is 0 Å². The molecule has 0 aliphatic carbocycles.